The van der Waals surface area contributed by atoms with Gasteiger partial charge in [0.2, 0.25) is 11.8 Å². The third-order valence-corrected chi connectivity index (χ3v) is 5.05. The zero-order chi connectivity index (χ0) is 24.8. The maximum Gasteiger partial charge on any atom is 0.268 e. The third-order valence-electron chi connectivity index (χ3n) is 5.05. The molecule has 1 atom stereocenters. The quantitative estimate of drug-likeness (QED) is 0.308. The van der Waals surface area contributed by atoms with Crippen LogP contribution in [0.1, 0.15) is 65.4 Å². The van der Waals surface area contributed by atoms with E-state index in [2.05, 4.69) is 0 Å². The molecule has 0 heterocycles. The van der Waals surface area contributed by atoms with E-state index in [-0.39, 0.29) is 49.5 Å². The summed E-state index contributed by atoms with van der Waals surface area (Å²) in [7, 11) is 0. The number of hydroxylamine groups is 1. The number of nitrogens with zero attached hydrogens (tertiary/aromatic N) is 2. The highest BCUT2D eigenvalue weighted by Crippen LogP contribution is 2.19. The minimum Gasteiger partial charge on any atom is -0.330 e. The lowest BCUT2D eigenvalue weighted by Gasteiger charge is -2.40. The summed E-state index contributed by atoms with van der Waals surface area (Å²) in [5.41, 5.74) is 8.21. The number of benzene rings is 1. The zero-order valence-electron chi connectivity index (χ0n) is 20.4. The van der Waals surface area contributed by atoms with Crippen LogP contribution in [0, 0.1) is 11.8 Å². The van der Waals surface area contributed by atoms with Crippen molar-refractivity contribution in [3.63, 3.8) is 0 Å². The van der Waals surface area contributed by atoms with Crippen molar-refractivity contribution in [2.24, 2.45) is 17.6 Å². The van der Waals surface area contributed by atoms with Crippen LogP contribution in [0.5, 0.6) is 0 Å². The second kappa shape index (κ2) is 15.2. The van der Waals surface area contributed by atoms with Crippen molar-refractivity contribution in [3.05, 3.63) is 42.0 Å². The predicted octanol–water partition coefficient (Wildman–Crippen LogP) is 3.37. The molecule has 0 spiro atoms. The molecule has 1 aromatic rings. The van der Waals surface area contributed by atoms with Gasteiger partial charge in [0.25, 0.3) is 5.91 Å². The Kier molecular flexibility index (Phi) is 13.0. The summed E-state index contributed by atoms with van der Waals surface area (Å²) < 4.78 is 0. The molecule has 1 rings (SSSR count). The van der Waals surface area contributed by atoms with E-state index in [0.29, 0.717) is 19.4 Å². The Balaban J connectivity index is 3.34. The Bertz CT molecular complexity index is 765. The van der Waals surface area contributed by atoms with Gasteiger partial charge < -0.3 is 5.73 Å². The fourth-order valence-electron chi connectivity index (χ4n) is 3.33. The highest BCUT2D eigenvalue weighted by atomic mass is 16.5. The van der Waals surface area contributed by atoms with Gasteiger partial charge in [0.05, 0.1) is 0 Å². The number of nitrogens with two attached hydrogens (primary N) is 1. The second-order valence-electron chi connectivity index (χ2n) is 8.97. The smallest absolute Gasteiger partial charge is 0.268 e. The molecule has 0 aliphatic carbocycles. The first-order valence-corrected chi connectivity index (χ1v) is 11.7. The molecular weight excluding hydrogens is 420 g/mol. The van der Waals surface area contributed by atoms with E-state index in [1.54, 1.807) is 11.6 Å². The Morgan fingerprint density at radius 3 is 2.24 bits per heavy atom. The van der Waals surface area contributed by atoms with Gasteiger partial charge in [-0.25, -0.2) is 10.5 Å². The van der Waals surface area contributed by atoms with E-state index < -0.39 is 11.9 Å². The summed E-state index contributed by atoms with van der Waals surface area (Å²) in [5, 5.41) is 12.1. The number of hydrazine groups is 1. The van der Waals surface area contributed by atoms with Crippen molar-refractivity contribution in [3.8, 4) is 0 Å². The number of hydrogen-bond acceptors (Lipinski definition) is 5. The Morgan fingerprint density at radius 2 is 1.70 bits per heavy atom. The molecule has 0 aromatic heterocycles. The van der Waals surface area contributed by atoms with Crippen molar-refractivity contribution >= 4 is 23.8 Å². The van der Waals surface area contributed by atoms with Gasteiger partial charge in [-0.1, -0.05) is 70.2 Å². The van der Waals surface area contributed by atoms with Crippen molar-refractivity contribution in [1.29, 1.82) is 0 Å². The van der Waals surface area contributed by atoms with Crippen LogP contribution in [-0.4, -0.2) is 52.1 Å². The number of rotatable bonds is 13. The van der Waals surface area contributed by atoms with Crippen LogP contribution < -0.4 is 11.2 Å². The average molecular weight is 461 g/mol. The van der Waals surface area contributed by atoms with E-state index in [1.165, 1.54) is 10.0 Å². The second-order valence-corrected chi connectivity index (χ2v) is 8.97. The minimum atomic E-state index is -1.07. The lowest BCUT2D eigenvalue weighted by atomic mass is 10.1. The molecule has 3 amide bonds. The van der Waals surface area contributed by atoms with Crippen LogP contribution >= 0.6 is 0 Å². The van der Waals surface area contributed by atoms with Crippen LogP contribution in [0.4, 0.5) is 0 Å². The third kappa shape index (κ3) is 10.2. The first kappa shape index (κ1) is 28.3. The van der Waals surface area contributed by atoms with E-state index in [1.807, 2.05) is 64.1 Å². The van der Waals surface area contributed by atoms with Crippen LogP contribution in [0.2, 0.25) is 0 Å². The number of carbonyl (C=O) groups is 3. The predicted molar refractivity (Wildman–Crippen MR) is 130 cm³/mol. The molecule has 0 radical (unpaired) electrons. The van der Waals surface area contributed by atoms with Crippen molar-refractivity contribution in [1.82, 2.24) is 15.5 Å². The van der Waals surface area contributed by atoms with Crippen molar-refractivity contribution in [2.45, 2.75) is 65.8 Å². The highest BCUT2D eigenvalue weighted by molar-refractivity contribution is 5.89. The minimum absolute atomic E-state index is 0.0601. The van der Waals surface area contributed by atoms with E-state index in [0.717, 1.165) is 5.56 Å². The van der Waals surface area contributed by atoms with Gasteiger partial charge in [-0.05, 0) is 43.2 Å². The lowest BCUT2D eigenvalue weighted by Crippen LogP contribution is -2.59. The SMILES string of the molecule is CC(C)CCC(=O)N([C@@H](CC=Cc1ccccc1)C(=O)NO)N(CC(C)C)C(=O)CCCN. The summed E-state index contributed by atoms with van der Waals surface area (Å²) in [6, 6.07) is 8.48. The van der Waals surface area contributed by atoms with Gasteiger partial charge in [-0.2, -0.15) is 0 Å². The fraction of sp³-hybridized carbons (Fsp3) is 0.560. The molecule has 0 saturated carbocycles. The molecule has 0 bridgehead atoms. The van der Waals surface area contributed by atoms with Gasteiger partial charge >= 0.3 is 0 Å². The van der Waals surface area contributed by atoms with E-state index in [4.69, 9.17) is 5.73 Å². The molecule has 1 aromatic carbocycles. The monoisotopic (exact) mass is 460 g/mol. The molecule has 0 fully saturated rings. The zero-order valence-corrected chi connectivity index (χ0v) is 20.4. The Hall–Kier alpha value is -2.71. The van der Waals surface area contributed by atoms with E-state index >= 15 is 0 Å². The van der Waals surface area contributed by atoms with Crippen LogP contribution in [0.15, 0.2) is 36.4 Å². The van der Waals surface area contributed by atoms with Crippen molar-refractivity contribution in [2.75, 3.05) is 13.1 Å². The highest BCUT2D eigenvalue weighted by Gasteiger charge is 2.36. The first-order chi connectivity index (χ1) is 15.7. The fourth-order valence-corrected chi connectivity index (χ4v) is 3.33. The molecule has 184 valence electrons. The molecule has 0 aliphatic heterocycles. The number of amides is 3. The summed E-state index contributed by atoms with van der Waals surface area (Å²) in [5.74, 6) is -0.997. The van der Waals surface area contributed by atoms with Gasteiger partial charge in [0, 0.05) is 19.4 Å². The number of nitrogens with one attached hydrogen (secondary N) is 1. The van der Waals surface area contributed by atoms with Crippen LogP contribution in [0.3, 0.4) is 0 Å². The standard InChI is InChI=1S/C25H40N4O4/c1-19(2)15-16-24(31)29(28(18-20(3)4)23(30)14-9-17-26)22(25(32)27-33)13-8-12-21-10-6-5-7-11-21/h5-8,10-12,19-20,22,33H,9,13-18,26H2,1-4H3,(H,27,32)/t22-/m0/s1. The molecule has 0 saturated heterocycles. The first-order valence-electron chi connectivity index (χ1n) is 11.7. The van der Waals surface area contributed by atoms with Gasteiger partial charge in [0.15, 0.2) is 0 Å². The molecule has 0 aliphatic rings. The van der Waals surface area contributed by atoms with Gasteiger partial charge in [0.1, 0.15) is 6.04 Å². The molecule has 8 heteroatoms. The van der Waals surface area contributed by atoms with Crippen molar-refractivity contribution < 1.29 is 19.6 Å². The van der Waals surface area contributed by atoms with Crippen LogP contribution in [0.25, 0.3) is 6.08 Å². The number of carbonyl (C=O) groups excluding carboxylic acids is 3. The normalized spacial score (nSPS) is 12.2. The van der Waals surface area contributed by atoms with Gasteiger partial charge in [-0.15, -0.1) is 0 Å². The summed E-state index contributed by atoms with van der Waals surface area (Å²) >= 11 is 0. The molecule has 33 heavy (non-hydrogen) atoms. The molecule has 4 N–H and O–H groups in total. The van der Waals surface area contributed by atoms with Gasteiger partial charge in [-0.3, -0.25) is 24.6 Å². The maximum absolute atomic E-state index is 13.4. The largest absolute Gasteiger partial charge is 0.330 e. The Labute approximate surface area is 197 Å². The number of hydrogen-bond donors (Lipinski definition) is 3. The summed E-state index contributed by atoms with van der Waals surface area (Å²) in [6.07, 6.45) is 5.21. The summed E-state index contributed by atoms with van der Waals surface area (Å²) in [4.78, 5) is 39.2. The van der Waals surface area contributed by atoms with Crippen LogP contribution in [-0.2, 0) is 14.4 Å². The average Bonchev–Trinajstić information content (AvgIpc) is 2.79. The molecular formula is C25H40N4O4. The maximum atomic E-state index is 13.4. The molecule has 0 unspecified atom stereocenters. The topological polar surface area (TPSA) is 116 Å². The van der Waals surface area contributed by atoms with E-state index in [9.17, 15) is 19.6 Å². The summed E-state index contributed by atoms with van der Waals surface area (Å²) in [6.45, 7) is 8.52. The Morgan fingerprint density at radius 1 is 1.03 bits per heavy atom. The molecule has 8 nitrogen and oxygen atoms in total. The lowest BCUT2D eigenvalue weighted by molar-refractivity contribution is -0.175.